The highest BCUT2D eigenvalue weighted by Gasteiger charge is 2.23. The molecule has 2 heterocycles. The summed E-state index contributed by atoms with van der Waals surface area (Å²) in [4.78, 5) is 12.6. The van der Waals surface area contributed by atoms with E-state index >= 15 is 0 Å². The van der Waals surface area contributed by atoms with Gasteiger partial charge in [0, 0.05) is 6.04 Å². The second kappa shape index (κ2) is 6.23. The largest absolute Gasteiger partial charge is 0.348 e. The molecule has 1 amide bonds. The van der Waals surface area contributed by atoms with E-state index in [2.05, 4.69) is 17.6 Å². The molecule has 0 bridgehead atoms. The number of halogens is 1. The Bertz CT molecular complexity index is 329. The number of carbonyl (C=O) groups excluding carboxylic acids is 1. The van der Waals surface area contributed by atoms with Gasteiger partial charge in [0.15, 0.2) is 0 Å². The molecule has 0 radical (unpaired) electrons. The van der Waals surface area contributed by atoms with Crippen LogP contribution >= 0.6 is 23.7 Å². The minimum absolute atomic E-state index is 0. The minimum Gasteiger partial charge on any atom is -0.348 e. The molecule has 2 N–H and O–H groups in total. The van der Waals surface area contributed by atoms with E-state index in [1.54, 1.807) is 0 Å². The number of amides is 1. The van der Waals surface area contributed by atoms with Crippen molar-refractivity contribution in [3.63, 3.8) is 0 Å². The lowest BCUT2D eigenvalue weighted by molar-refractivity contribution is 0.0918. The van der Waals surface area contributed by atoms with Crippen LogP contribution in [-0.2, 0) is 0 Å². The molecule has 1 fully saturated rings. The zero-order valence-corrected chi connectivity index (χ0v) is 10.9. The van der Waals surface area contributed by atoms with Crippen LogP contribution in [0.5, 0.6) is 0 Å². The van der Waals surface area contributed by atoms with Crippen LogP contribution in [0.2, 0.25) is 0 Å². The Hall–Kier alpha value is -0.580. The average molecular weight is 261 g/mol. The topological polar surface area (TPSA) is 41.1 Å². The third-order valence-electron chi connectivity index (χ3n) is 2.85. The van der Waals surface area contributed by atoms with E-state index in [4.69, 9.17) is 0 Å². The van der Waals surface area contributed by atoms with Gasteiger partial charge in [0.1, 0.15) is 0 Å². The highest BCUT2D eigenvalue weighted by Crippen LogP contribution is 2.13. The molecule has 0 spiro atoms. The number of rotatable bonds is 2. The van der Waals surface area contributed by atoms with Crippen LogP contribution in [0.25, 0.3) is 0 Å². The van der Waals surface area contributed by atoms with Crippen molar-refractivity contribution in [2.75, 3.05) is 13.1 Å². The molecule has 2 unspecified atom stereocenters. The van der Waals surface area contributed by atoms with Crippen LogP contribution in [-0.4, -0.2) is 25.0 Å². The summed E-state index contributed by atoms with van der Waals surface area (Å²) in [5, 5.41) is 8.36. The van der Waals surface area contributed by atoms with E-state index in [-0.39, 0.29) is 18.3 Å². The van der Waals surface area contributed by atoms with Crippen LogP contribution in [0.15, 0.2) is 17.5 Å². The van der Waals surface area contributed by atoms with Crippen molar-refractivity contribution in [1.82, 2.24) is 10.6 Å². The first-order valence-electron chi connectivity index (χ1n) is 5.32. The van der Waals surface area contributed by atoms with E-state index in [1.807, 2.05) is 17.5 Å². The molecule has 1 aromatic heterocycles. The molecule has 3 nitrogen and oxygen atoms in total. The van der Waals surface area contributed by atoms with Crippen molar-refractivity contribution in [2.45, 2.75) is 19.4 Å². The van der Waals surface area contributed by atoms with Crippen molar-refractivity contribution in [1.29, 1.82) is 0 Å². The summed E-state index contributed by atoms with van der Waals surface area (Å²) in [6.07, 6.45) is 1.03. The highest BCUT2D eigenvalue weighted by atomic mass is 35.5. The van der Waals surface area contributed by atoms with Gasteiger partial charge in [0.2, 0.25) is 0 Å². The van der Waals surface area contributed by atoms with E-state index in [0.29, 0.717) is 12.0 Å². The predicted molar refractivity (Wildman–Crippen MR) is 69.5 cm³/mol. The number of hydrogen-bond acceptors (Lipinski definition) is 3. The third-order valence-corrected chi connectivity index (χ3v) is 3.72. The fraction of sp³-hybridized carbons (Fsp3) is 0.545. The van der Waals surface area contributed by atoms with E-state index in [1.165, 1.54) is 11.3 Å². The lowest BCUT2D eigenvalue weighted by Crippen LogP contribution is -2.48. The maximum absolute atomic E-state index is 11.8. The van der Waals surface area contributed by atoms with Gasteiger partial charge in [-0.15, -0.1) is 23.7 Å². The zero-order chi connectivity index (χ0) is 10.7. The SMILES string of the molecule is CC1CNCCC1NC(=O)c1cccs1.Cl. The van der Waals surface area contributed by atoms with Gasteiger partial charge in [-0.25, -0.2) is 0 Å². The predicted octanol–water partition coefficient (Wildman–Crippen LogP) is 1.90. The van der Waals surface area contributed by atoms with Gasteiger partial charge in [-0.3, -0.25) is 4.79 Å². The molecule has 16 heavy (non-hydrogen) atoms. The third kappa shape index (κ3) is 3.20. The standard InChI is InChI=1S/C11H16N2OS.ClH/c1-8-7-12-5-4-9(8)13-11(14)10-3-2-6-15-10;/h2-3,6,8-9,12H,4-5,7H2,1H3,(H,13,14);1H. The van der Waals surface area contributed by atoms with Crippen LogP contribution in [0.4, 0.5) is 0 Å². The normalized spacial score (nSPS) is 24.6. The number of hydrogen-bond donors (Lipinski definition) is 2. The van der Waals surface area contributed by atoms with Crippen molar-refractivity contribution >= 4 is 29.7 Å². The van der Waals surface area contributed by atoms with E-state index in [9.17, 15) is 4.79 Å². The smallest absolute Gasteiger partial charge is 0.261 e. The summed E-state index contributed by atoms with van der Waals surface area (Å²) in [5.41, 5.74) is 0. The summed E-state index contributed by atoms with van der Waals surface area (Å²) < 4.78 is 0. The number of thiophene rings is 1. The second-order valence-electron chi connectivity index (χ2n) is 4.03. The molecule has 2 atom stereocenters. The lowest BCUT2D eigenvalue weighted by Gasteiger charge is -2.30. The van der Waals surface area contributed by atoms with E-state index < -0.39 is 0 Å². The first-order chi connectivity index (χ1) is 7.27. The molecule has 0 aromatic carbocycles. The quantitative estimate of drug-likeness (QED) is 0.853. The Morgan fingerprint density at radius 2 is 2.44 bits per heavy atom. The maximum atomic E-state index is 11.8. The molecule has 90 valence electrons. The van der Waals surface area contributed by atoms with Crippen molar-refractivity contribution in [3.05, 3.63) is 22.4 Å². The first-order valence-corrected chi connectivity index (χ1v) is 6.20. The summed E-state index contributed by atoms with van der Waals surface area (Å²) in [7, 11) is 0. The van der Waals surface area contributed by atoms with Crippen LogP contribution in [0, 0.1) is 5.92 Å². The van der Waals surface area contributed by atoms with Gasteiger partial charge in [-0.2, -0.15) is 0 Å². The summed E-state index contributed by atoms with van der Waals surface area (Å²) in [5.74, 6) is 0.589. The Balaban J connectivity index is 0.00000128. The van der Waals surface area contributed by atoms with Gasteiger partial charge in [0.25, 0.3) is 5.91 Å². The highest BCUT2D eigenvalue weighted by molar-refractivity contribution is 7.12. The Morgan fingerprint density at radius 1 is 1.62 bits per heavy atom. The summed E-state index contributed by atoms with van der Waals surface area (Å²) in [6.45, 7) is 4.17. The fourth-order valence-corrected chi connectivity index (χ4v) is 2.50. The second-order valence-corrected chi connectivity index (χ2v) is 4.98. The average Bonchev–Trinajstić information content (AvgIpc) is 2.74. The monoisotopic (exact) mass is 260 g/mol. The van der Waals surface area contributed by atoms with Crippen LogP contribution < -0.4 is 10.6 Å². The Morgan fingerprint density at radius 3 is 3.06 bits per heavy atom. The van der Waals surface area contributed by atoms with Crippen molar-refractivity contribution in [2.24, 2.45) is 5.92 Å². The van der Waals surface area contributed by atoms with Gasteiger partial charge in [-0.1, -0.05) is 13.0 Å². The van der Waals surface area contributed by atoms with Crippen LogP contribution in [0.1, 0.15) is 23.0 Å². The maximum Gasteiger partial charge on any atom is 0.261 e. The molecule has 1 saturated heterocycles. The van der Waals surface area contributed by atoms with Crippen molar-refractivity contribution < 1.29 is 4.79 Å². The lowest BCUT2D eigenvalue weighted by atomic mass is 9.95. The van der Waals surface area contributed by atoms with Gasteiger partial charge >= 0.3 is 0 Å². The van der Waals surface area contributed by atoms with Crippen LogP contribution in [0.3, 0.4) is 0 Å². The fourth-order valence-electron chi connectivity index (χ4n) is 1.88. The summed E-state index contributed by atoms with van der Waals surface area (Å²) >= 11 is 1.49. The van der Waals surface area contributed by atoms with Gasteiger partial charge < -0.3 is 10.6 Å². The number of piperidine rings is 1. The minimum atomic E-state index is 0. The molecular formula is C11H17ClN2OS. The zero-order valence-electron chi connectivity index (χ0n) is 9.23. The number of carbonyl (C=O) groups is 1. The van der Waals surface area contributed by atoms with Gasteiger partial charge in [0.05, 0.1) is 4.88 Å². The van der Waals surface area contributed by atoms with E-state index in [0.717, 1.165) is 24.4 Å². The molecule has 1 aliphatic rings. The molecule has 0 aliphatic carbocycles. The number of nitrogens with one attached hydrogen (secondary N) is 2. The molecule has 5 heteroatoms. The molecule has 0 saturated carbocycles. The first kappa shape index (κ1) is 13.5. The Kier molecular flexibility index (Phi) is 5.25. The van der Waals surface area contributed by atoms with Gasteiger partial charge in [-0.05, 0) is 36.9 Å². The Labute approximate surface area is 106 Å². The molecule has 1 aromatic rings. The molecular weight excluding hydrogens is 244 g/mol. The molecule has 1 aliphatic heterocycles. The molecule has 2 rings (SSSR count). The summed E-state index contributed by atoms with van der Waals surface area (Å²) in [6, 6.07) is 4.10. The van der Waals surface area contributed by atoms with Crippen molar-refractivity contribution in [3.8, 4) is 0 Å².